The summed E-state index contributed by atoms with van der Waals surface area (Å²) in [5, 5.41) is 2.72. The average Bonchev–Trinajstić information content (AvgIpc) is 3.61. The number of carbonyl (C=O) groups is 4. The van der Waals surface area contributed by atoms with E-state index in [1.165, 1.54) is 12.7 Å². The van der Waals surface area contributed by atoms with Gasteiger partial charge >= 0.3 is 5.97 Å². The summed E-state index contributed by atoms with van der Waals surface area (Å²) in [7, 11) is 1.37. The fraction of sp³-hybridized carbons (Fsp3) is 0.483. The molecule has 1 saturated carbocycles. The third-order valence-corrected chi connectivity index (χ3v) is 8.53. The molecular formula is C29H33BrN4O5. The minimum absolute atomic E-state index is 0.0416. The highest BCUT2D eigenvalue weighted by Crippen LogP contribution is 2.48. The molecule has 3 atom stereocenters. The highest BCUT2D eigenvalue weighted by Gasteiger charge is 2.56. The Hall–Kier alpha value is -3.27. The lowest BCUT2D eigenvalue weighted by atomic mass is 9.89. The Bertz CT molecular complexity index is 1230. The molecule has 3 aliphatic rings. The third kappa shape index (κ3) is 6.49. The normalized spacial score (nSPS) is 22.3. The number of anilines is 1. The zero-order chi connectivity index (χ0) is 27.5. The van der Waals surface area contributed by atoms with Crippen LogP contribution >= 0.6 is 15.9 Å². The van der Waals surface area contributed by atoms with Gasteiger partial charge in [0.15, 0.2) is 0 Å². The zero-order valence-corrected chi connectivity index (χ0v) is 23.6. The van der Waals surface area contributed by atoms with Gasteiger partial charge in [-0.25, -0.2) is 9.78 Å². The van der Waals surface area contributed by atoms with E-state index in [4.69, 9.17) is 4.74 Å². The number of nitrogens with one attached hydrogen (secondary N) is 1. The molecule has 0 radical (unpaired) electrons. The van der Waals surface area contributed by atoms with E-state index in [-0.39, 0.29) is 42.6 Å². The SMILES string of the molecule is COC(=O)c1ccc(CC2CCN(C(=O)[C@H]3C[C@H]4C[C@H]4N3C(=O)CCC(=O)Nc3ccc(Br)cn3)CC2)cc1. The van der Waals surface area contributed by atoms with E-state index in [9.17, 15) is 19.2 Å². The number of ether oxygens (including phenoxy) is 1. The quantitative estimate of drug-likeness (QED) is 0.464. The molecule has 2 saturated heterocycles. The lowest BCUT2D eigenvalue weighted by molar-refractivity contribution is -0.146. The monoisotopic (exact) mass is 596 g/mol. The number of fused-ring (bicyclic) bond motifs is 1. The van der Waals surface area contributed by atoms with Gasteiger partial charge in [-0.3, -0.25) is 14.4 Å². The van der Waals surface area contributed by atoms with Gasteiger partial charge in [-0.05, 0) is 89.7 Å². The van der Waals surface area contributed by atoms with Gasteiger partial charge in [-0.2, -0.15) is 0 Å². The first-order chi connectivity index (χ1) is 18.8. The first-order valence-electron chi connectivity index (χ1n) is 13.5. The summed E-state index contributed by atoms with van der Waals surface area (Å²) in [5.74, 6) is 0.609. The van der Waals surface area contributed by atoms with E-state index in [0.29, 0.717) is 36.3 Å². The standard InChI is InChI=1S/C29H33BrN4O5/c1-39-29(38)20-4-2-18(3-5-20)14-19-10-12-33(13-11-19)28(37)24-16-21-15-23(21)34(24)27(36)9-8-26(35)32-25-7-6-22(30)17-31-25/h2-7,17,19,21,23-24H,8-16H2,1H3,(H,31,32,35)/t21-,23-,24-/m1/s1. The van der Waals surface area contributed by atoms with Crippen LogP contribution in [0, 0.1) is 11.8 Å². The predicted octanol–water partition coefficient (Wildman–Crippen LogP) is 3.82. The highest BCUT2D eigenvalue weighted by molar-refractivity contribution is 9.10. The van der Waals surface area contributed by atoms with Crippen molar-refractivity contribution in [1.82, 2.24) is 14.8 Å². The molecule has 1 aromatic heterocycles. The number of halogens is 1. The lowest BCUT2D eigenvalue weighted by Crippen LogP contribution is -2.51. The van der Waals surface area contributed by atoms with Crippen molar-refractivity contribution < 1.29 is 23.9 Å². The minimum Gasteiger partial charge on any atom is -0.465 e. The van der Waals surface area contributed by atoms with Gasteiger partial charge in [-0.1, -0.05) is 12.1 Å². The molecule has 3 fully saturated rings. The molecule has 1 aliphatic carbocycles. The molecular weight excluding hydrogens is 564 g/mol. The number of likely N-dealkylation sites (tertiary alicyclic amines) is 2. The fourth-order valence-corrected chi connectivity index (χ4v) is 6.07. The van der Waals surface area contributed by atoms with Crippen molar-refractivity contribution in [3.63, 3.8) is 0 Å². The van der Waals surface area contributed by atoms with E-state index in [0.717, 1.165) is 36.6 Å². The molecule has 3 heterocycles. The maximum absolute atomic E-state index is 13.5. The van der Waals surface area contributed by atoms with Crippen LogP contribution in [0.25, 0.3) is 0 Å². The van der Waals surface area contributed by atoms with Crippen LogP contribution in [0.15, 0.2) is 47.1 Å². The van der Waals surface area contributed by atoms with Crippen LogP contribution in [-0.4, -0.2) is 70.8 Å². The van der Waals surface area contributed by atoms with Gasteiger partial charge < -0.3 is 19.9 Å². The van der Waals surface area contributed by atoms with E-state index in [1.807, 2.05) is 17.0 Å². The zero-order valence-electron chi connectivity index (χ0n) is 22.0. The van der Waals surface area contributed by atoms with Crippen molar-refractivity contribution >= 4 is 45.4 Å². The third-order valence-electron chi connectivity index (χ3n) is 8.06. The summed E-state index contributed by atoms with van der Waals surface area (Å²) < 4.78 is 5.58. The van der Waals surface area contributed by atoms with Gasteiger partial charge in [0.2, 0.25) is 17.7 Å². The van der Waals surface area contributed by atoms with Crippen LogP contribution in [-0.2, 0) is 25.5 Å². The van der Waals surface area contributed by atoms with Crippen molar-refractivity contribution in [2.24, 2.45) is 11.8 Å². The van der Waals surface area contributed by atoms with E-state index in [1.54, 1.807) is 35.4 Å². The summed E-state index contributed by atoms with van der Waals surface area (Å²) >= 11 is 3.31. The summed E-state index contributed by atoms with van der Waals surface area (Å²) in [5.41, 5.74) is 1.71. The van der Waals surface area contributed by atoms with Crippen LogP contribution in [0.3, 0.4) is 0 Å². The largest absolute Gasteiger partial charge is 0.465 e. The second-order valence-electron chi connectivity index (χ2n) is 10.7. The molecule has 10 heteroatoms. The Labute approximate surface area is 236 Å². The van der Waals surface area contributed by atoms with Gasteiger partial charge in [0, 0.05) is 42.6 Å². The number of nitrogens with zero attached hydrogens (tertiary/aromatic N) is 3. The van der Waals surface area contributed by atoms with E-state index in [2.05, 4.69) is 26.2 Å². The number of aromatic nitrogens is 1. The van der Waals surface area contributed by atoms with Crippen molar-refractivity contribution in [3.05, 3.63) is 58.2 Å². The molecule has 206 valence electrons. The number of methoxy groups -OCH3 is 1. The topological polar surface area (TPSA) is 109 Å². The van der Waals surface area contributed by atoms with Crippen LogP contribution in [0.1, 0.15) is 54.4 Å². The molecule has 0 unspecified atom stereocenters. The van der Waals surface area contributed by atoms with E-state index < -0.39 is 6.04 Å². The smallest absolute Gasteiger partial charge is 0.337 e. The molecule has 2 aliphatic heterocycles. The van der Waals surface area contributed by atoms with Crippen LogP contribution in [0.2, 0.25) is 0 Å². The number of esters is 1. The summed E-state index contributed by atoms with van der Waals surface area (Å²) in [6.45, 7) is 1.36. The average molecular weight is 598 g/mol. The molecule has 0 spiro atoms. The van der Waals surface area contributed by atoms with Gasteiger partial charge in [0.05, 0.1) is 12.7 Å². The van der Waals surface area contributed by atoms with Crippen molar-refractivity contribution in [3.8, 4) is 0 Å². The van der Waals surface area contributed by atoms with Crippen molar-refractivity contribution in [2.45, 2.75) is 57.0 Å². The number of amides is 3. The number of benzene rings is 1. The molecule has 3 amide bonds. The number of carbonyl (C=O) groups excluding carboxylic acids is 4. The molecule has 1 N–H and O–H groups in total. The summed E-state index contributed by atoms with van der Waals surface area (Å²) in [4.78, 5) is 58.5. The minimum atomic E-state index is -0.417. The number of pyridine rings is 1. The molecule has 9 nitrogen and oxygen atoms in total. The van der Waals surface area contributed by atoms with Crippen molar-refractivity contribution in [1.29, 1.82) is 0 Å². The maximum Gasteiger partial charge on any atom is 0.337 e. The Kier molecular flexibility index (Phi) is 8.30. The molecule has 1 aromatic carbocycles. The van der Waals surface area contributed by atoms with Crippen LogP contribution < -0.4 is 5.32 Å². The highest BCUT2D eigenvalue weighted by atomic mass is 79.9. The Morgan fingerprint density at radius 3 is 2.44 bits per heavy atom. The first-order valence-corrected chi connectivity index (χ1v) is 14.3. The van der Waals surface area contributed by atoms with Gasteiger partial charge in [0.25, 0.3) is 0 Å². The van der Waals surface area contributed by atoms with Crippen LogP contribution in [0.5, 0.6) is 0 Å². The van der Waals surface area contributed by atoms with Crippen LogP contribution in [0.4, 0.5) is 5.82 Å². The molecule has 0 bridgehead atoms. The predicted molar refractivity (Wildman–Crippen MR) is 148 cm³/mol. The fourth-order valence-electron chi connectivity index (χ4n) is 5.84. The Morgan fingerprint density at radius 1 is 1.03 bits per heavy atom. The number of rotatable bonds is 8. The number of piperidine rings is 2. The number of hydrogen-bond acceptors (Lipinski definition) is 6. The summed E-state index contributed by atoms with van der Waals surface area (Å²) in [6.07, 6.45) is 6.10. The Balaban J connectivity index is 1.10. The molecule has 2 aromatic rings. The van der Waals surface area contributed by atoms with E-state index >= 15 is 0 Å². The van der Waals surface area contributed by atoms with Gasteiger partial charge in [0.1, 0.15) is 11.9 Å². The molecule has 39 heavy (non-hydrogen) atoms. The lowest BCUT2D eigenvalue weighted by Gasteiger charge is -2.36. The Morgan fingerprint density at radius 2 is 1.77 bits per heavy atom. The first kappa shape index (κ1) is 27.3. The summed E-state index contributed by atoms with van der Waals surface area (Å²) in [6, 6.07) is 10.7. The second-order valence-corrected chi connectivity index (χ2v) is 11.6. The van der Waals surface area contributed by atoms with Gasteiger partial charge in [-0.15, -0.1) is 0 Å². The van der Waals surface area contributed by atoms with Crippen molar-refractivity contribution in [2.75, 3.05) is 25.5 Å². The second kappa shape index (κ2) is 11.9. The molecule has 5 rings (SSSR count). The number of hydrogen-bond donors (Lipinski definition) is 1. The maximum atomic E-state index is 13.5.